The Morgan fingerprint density at radius 1 is 1.08 bits per heavy atom. The highest BCUT2D eigenvalue weighted by Gasteiger charge is 2.55. The Bertz CT molecular complexity index is 688. The number of Topliss-reactive ketones (excluding diaryl/α,β-unsaturated/α-hetero) is 1. The number of methoxy groups -OCH3 is 2. The zero-order valence-corrected chi connectivity index (χ0v) is 15.5. The molecule has 1 aromatic rings. The lowest BCUT2D eigenvalue weighted by Crippen LogP contribution is -2.52. The van der Waals surface area contributed by atoms with E-state index in [-0.39, 0.29) is 23.2 Å². The van der Waals surface area contributed by atoms with Crippen LogP contribution in [0.5, 0.6) is 11.5 Å². The largest absolute Gasteiger partial charge is 0.497 e. The Labute approximate surface area is 154 Å². The second-order valence-electron chi connectivity index (χ2n) is 8.42. The molecule has 0 saturated heterocycles. The summed E-state index contributed by atoms with van der Waals surface area (Å²) in [5, 5.41) is 3.05. The molecule has 5 nitrogen and oxygen atoms in total. The Hall–Kier alpha value is -2.04. The van der Waals surface area contributed by atoms with E-state index in [4.69, 9.17) is 9.47 Å². The van der Waals surface area contributed by atoms with Crippen molar-refractivity contribution in [2.24, 2.45) is 23.2 Å². The van der Waals surface area contributed by atoms with Crippen molar-refractivity contribution in [2.45, 2.75) is 45.1 Å². The van der Waals surface area contributed by atoms with Gasteiger partial charge in [0.15, 0.2) is 0 Å². The molecule has 1 N–H and O–H groups in total. The monoisotopic (exact) mass is 357 g/mol. The number of hydrogen-bond donors (Lipinski definition) is 1. The van der Waals surface area contributed by atoms with Crippen molar-refractivity contribution in [3.63, 3.8) is 0 Å². The van der Waals surface area contributed by atoms with Crippen LogP contribution < -0.4 is 14.8 Å². The number of amides is 1. The molecule has 4 bridgehead atoms. The highest BCUT2D eigenvalue weighted by molar-refractivity contribution is 5.86. The Kier molecular flexibility index (Phi) is 4.41. The molecule has 1 aromatic carbocycles. The molecule has 4 saturated carbocycles. The number of nitrogens with one attached hydrogen (secondary N) is 1. The maximum atomic E-state index is 12.6. The van der Waals surface area contributed by atoms with Crippen LogP contribution >= 0.6 is 0 Å². The predicted octanol–water partition coefficient (Wildman–Crippen LogP) is 3.11. The Balaban J connectivity index is 1.38. The van der Waals surface area contributed by atoms with Gasteiger partial charge in [-0.3, -0.25) is 9.59 Å². The van der Waals surface area contributed by atoms with Crippen LogP contribution in [-0.2, 0) is 16.1 Å². The molecule has 5 heteroatoms. The molecule has 4 fully saturated rings. The van der Waals surface area contributed by atoms with Crippen molar-refractivity contribution >= 4 is 11.7 Å². The standard InChI is InChI=1S/C21H27NO4/c1-25-17-5-14(6-18(7-17)26-2)12-22-19(23)11-21-8-13-3-15(9-21)20(24)16(4-13)10-21/h5-7,13,15-16H,3-4,8-12H2,1-2H3,(H,22,23). The van der Waals surface area contributed by atoms with E-state index in [0.717, 1.165) is 37.7 Å². The van der Waals surface area contributed by atoms with Crippen molar-refractivity contribution in [2.75, 3.05) is 14.2 Å². The fourth-order valence-corrected chi connectivity index (χ4v) is 5.70. The molecule has 0 radical (unpaired) electrons. The third kappa shape index (κ3) is 3.19. The molecule has 26 heavy (non-hydrogen) atoms. The second kappa shape index (κ2) is 6.60. The van der Waals surface area contributed by atoms with Gasteiger partial charge >= 0.3 is 0 Å². The minimum absolute atomic E-state index is 0.0561. The highest BCUT2D eigenvalue weighted by atomic mass is 16.5. The molecule has 4 aliphatic carbocycles. The van der Waals surface area contributed by atoms with E-state index in [0.29, 0.717) is 36.2 Å². The number of ether oxygens (including phenoxy) is 2. The van der Waals surface area contributed by atoms with Crippen LogP contribution in [0.1, 0.15) is 44.1 Å². The second-order valence-corrected chi connectivity index (χ2v) is 8.42. The van der Waals surface area contributed by atoms with Crippen LogP contribution in [0.15, 0.2) is 18.2 Å². The average molecular weight is 357 g/mol. The van der Waals surface area contributed by atoms with E-state index in [1.165, 1.54) is 0 Å². The van der Waals surface area contributed by atoms with Gasteiger partial charge in [-0.25, -0.2) is 0 Å². The molecule has 0 spiro atoms. The van der Waals surface area contributed by atoms with Crippen LogP contribution in [0.3, 0.4) is 0 Å². The van der Waals surface area contributed by atoms with Crippen LogP contribution in [0.4, 0.5) is 0 Å². The summed E-state index contributed by atoms with van der Waals surface area (Å²) < 4.78 is 10.6. The highest BCUT2D eigenvalue weighted by Crippen LogP contribution is 2.59. The first-order valence-electron chi connectivity index (χ1n) is 9.53. The zero-order valence-electron chi connectivity index (χ0n) is 15.5. The molecule has 2 unspecified atom stereocenters. The topological polar surface area (TPSA) is 64.6 Å². The first kappa shape index (κ1) is 17.4. The van der Waals surface area contributed by atoms with E-state index in [2.05, 4.69) is 5.32 Å². The summed E-state index contributed by atoms with van der Waals surface area (Å²) >= 11 is 0. The molecule has 5 rings (SSSR count). The lowest BCUT2D eigenvalue weighted by atomic mass is 9.48. The van der Waals surface area contributed by atoms with Gasteiger partial charge in [0.2, 0.25) is 5.91 Å². The van der Waals surface area contributed by atoms with Gasteiger partial charge in [0.05, 0.1) is 14.2 Å². The summed E-state index contributed by atoms with van der Waals surface area (Å²) in [6, 6.07) is 5.64. The number of ketones is 1. The zero-order chi connectivity index (χ0) is 18.3. The molecule has 140 valence electrons. The number of rotatable bonds is 6. The van der Waals surface area contributed by atoms with Crippen LogP contribution in [0, 0.1) is 23.2 Å². The summed E-state index contributed by atoms with van der Waals surface area (Å²) in [5.41, 5.74) is 1.01. The number of carbonyl (C=O) groups excluding carboxylic acids is 2. The van der Waals surface area contributed by atoms with E-state index < -0.39 is 0 Å². The lowest BCUT2D eigenvalue weighted by Gasteiger charge is -2.55. The van der Waals surface area contributed by atoms with Gasteiger partial charge in [-0.2, -0.15) is 0 Å². The Morgan fingerprint density at radius 3 is 2.27 bits per heavy atom. The Morgan fingerprint density at radius 2 is 1.69 bits per heavy atom. The average Bonchev–Trinajstić information content (AvgIpc) is 2.63. The summed E-state index contributed by atoms with van der Waals surface area (Å²) in [5.74, 6) is 3.08. The number of benzene rings is 1. The smallest absolute Gasteiger partial charge is 0.220 e. The predicted molar refractivity (Wildman–Crippen MR) is 97.0 cm³/mol. The third-order valence-corrected chi connectivity index (χ3v) is 6.56. The van der Waals surface area contributed by atoms with Crippen LogP contribution in [-0.4, -0.2) is 25.9 Å². The maximum Gasteiger partial charge on any atom is 0.220 e. The molecule has 0 aromatic heterocycles. The van der Waals surface area contributed by atoms with Crippen molar-refractivity contribution in [3.8, 4) is 11.5 Å². The van der Waals surface area contributed by atoms with Gasteiger partial charge in [-0.15, -0.1) is 0 Å². The van der Waals surface area contributed by atoms with Crippen molar-refractivity contribution in [1.29, 1.82) is 0 Å². The van der Waals surface area contributed by atoms with Gasteiger partial charge in [0, 0.05) is 30.9 Å². The van der Waals surface area contributed by atoms with Gasteiger partial charge < -0.3 is 14.8 Å². The van der Waals surface area contributed by atoms with Gasteiger partial charge in [0.25, 0.3) is 0 Å². The van der Waals surface area contributed by atoms with Gasteiger partial charge in [-0.1, -0.05) is 0 Å². The minimum Gasteiger partial charge on any atom is -0.497 e. The maximum absolute atomic E-state index is 12.6. The van der Waals surface area contributed by atoms with Crippen molar-refractivity contribution in [1.82, 2.24) is 5.32 Å². The first-order valence-corrected chi connectivity index (χ1v) is 9.53. The molecular formula is C21H27NO4. The SMILES string of the molecule is COc1cc(CNC(=O)CC23CC4CC(C2)C(=O)C(C4)C3)cc(OC)c1. The normalized spacial score (nSPS) is 31.8. The van der Waals surface area contributed by atoms with E-state index in [1.807, 2.05) is 18.2 Å². The molecule has 0 heterocycles. The molecule has 2 atom stereocenters. The van der Waals surface area contributed by atoms with Crippen molar-refractivity contribution < 1.29 is 19.1 Å². The summed E-state index contributed by atoms with van der Waals surface area (Å²) in [6.45, 7) is 0.456. The van der Waals surface area contributed by atoms with Gasteiger partial charge in [0.1, 0.15) is 17.3 Å². The third-order valence-electron chi connectivity index (χ3n) is 6.56. The number of carbonyl (C=O) groups is 2. The lowest BCUT2D eigenvalue weighted by molar-refractivity contribution is -0.151. The first-order chi connectivity index (χ1) is 12.5. The van der Waals surface area contributed by atoms with Crippen LogP contribution in [0.2, 0.25) is 0 Å². The van der Waals surface area contributed by atoms with E-state index in [1.54, 1.807) is 14.2 Å². The molecule has 4 aliphatic rings. The fraction of sp³-hybridized carbons (Fsp3) is 0.619. The summed E-state index contributed by atoms with van der Waals surface area (Å²) in [7, 11) is 3.23. The minimum atomic E-state index is 0.0561. The summed E-state index contributed by atoms with van der Waals surface area (Å²) in [4.78, 5) is 24.9. The fourth-order valence-electron chi connectivity index (χ4n) is 5.70. The van der Waals surface area contributed by atoms with Crippen molar-refractivity contribution in [3.05, 3.63) is 23.8 Å². The van der Waals surface area contributed by atoms with Gasteiger partial charge in [-0.05, 0) is 61.1 Å². The molecule has 0 aliphatic heterocycles. The quantitative estimate of drug-likeness (QED) is 0.850. The summed E-state index contributed by atoms with van der Waals surface area (Å²) in [6.07, 6.45) is 5.61. The number of hydrogen-bond acceptors (Lipinski definition) is 4. The van der Waals surface area contributed by atoms with E-state index in [9.17, 15) is 9.59 Å². The van der Waals surface area contributed by atoms with Crippen LogP contribution in [0.25, 0.3) is 0 Å². The van der Waals surface area contributed by atoms with E-state index >= 15 is 0 Å². The molecule has 1 amide bonds. The molecular weight excluding hydrogens is 330 g/mol.